The van der Waals surface area contributed by atoms with Crippen molar-refractivity contribution in [1.82, 2.24) is 0 Å². The Morgan fingerprint density at radius 1 is 0.879 bits per heavy atom. The van der Waals surface area contributed by atoms with E-state index < -0.39 is 34.8 Å². The molecule has 0 fully saturated rings. The summed E-state index contributed by atoms with van der Waals surface area (Å²) in [6.45, 7) is 8.54. The molecule has 174 valence electrons. The van der Waals surface area contributed by atoms with Gasteiger partial charge in [-0.15, -0.1) is 17.8 Å². The molecule has 1 aromatic rings. The van der Waals surface area contributed by atoms with Gasteiger partial charge < -0.3 is 14.2 Å². The van der Waals surface area contributed by atoms with Crippen molar-refractivity contribution in [3.63, 3.8) is 0 Å². The highest BCUT2D eigenvalue weighted by atomic mass is 16.5. The molecule has 6 heteroatoms. The van der Waals surface area contributed by atoms with Crippen molar-refractivity contribution in [3.8, 4) is 35.5 Å². The minimum Gasteiger partial charge on any atom is -0.468 e. The summed E-state index contributed by atoms with van der Waals surface area (Å²) < 4.78 is 15.4. The number of methoxy groups -OCH3 is 2. The minimum absolute atomic E-state index is 0.0910. The highest BCUT2D eigenvalue weighted by molar-refractivity contribution is 6.00. The van der Waals surface area contributed by atoms with E-state index in [4.69, 9.17) is 14.2 Å². The van der Waals surface area contributed by atoms with Crippen molar-refractivity contribution in [2.24, 2.45) is 10.8 Å². The Bertz CT molecular complexity index is 1040. The Morgan fingerprint density at radius 2 is 1.45 bits per heavy atom. The van der Waals surface area contributed by atoms with Gasteiger partial charge in [-0.2, -0.15) is 0 Å². The van der Waals surface area contributed by atoms with E-state index in [2.05, 4.69) is 35.5 Å². The van der Waals surface area contributed by atoms with E-state index in [0.29, 0.717) is 11.1 Å². The lowest BCUT2D eigenvalue weighted by molar-refractivity contribution is -0.168. The van der Waals surface area contributed by atoms with Crippen LogP contribution in [0.25, 0.3) is 0 Å². The lowest BCUT2D eigenvalue weighted by Crippen LogP contribution is -2.40. The monoisotopic (exact) mass is 450 g/mol. The molecule has 0 saturated heterocycles. The summed E-state index contributed by atoms with van der Waals surface area (Å²) >= 11 is 0. The first kappa shape index (κ1) is 27.3. The third kappa shape index (κ3) is 7.16. The molecule has 1 rings (SSSR count). The van der Waals surface area contributed by atoms with Crippen LogP contribution in [0.1, 0.15) is 64.7 Å². The molecule has 1 unspecified atom stereocenters. The fraction of sp³-hybridized carbons (Fsp3) is 0.444. The largest absolute Gasteiger partial charge is 0.468 e. The zero-order chi connectivity index (χ0) is 25.1. The van der Waals surface area contributed by atoms with Crippen LogP contribution in [0.15, 0.2) is 24.3 Å². The van der Waals surface area contributed by atoms with Gasteiger partial charge in [0.2, 0.25) is 0 Å². The normalized spacial score (nSPS) is 11.2. The molecule has 0 amide bonds. The van der Waals surface area contributed by atoms with E-state index in [1.807, 2.05) is 0 Å². The predicted molar refractivity (Wildman–Crippen MR) is 124 cm³/mol. The van der Waals surface area contributed by atoms with Gasteiger partial charge in [-0.3, -0.25) is 14.4 Å². The van der Waals surface area contributed by atoms with Crippen molar-refractivity contribution in [1.29, 1.82) is 0 Å². The standard InChI is InChI=1S/C27H30O6/c1-8-10-18-27(24(29)31-6,25(30)32-7)19-13-16-20-15-11-12-17-21(20)22(14-9-2)33-23(28)26(3,4)5/h11-12,15,17,22H,18-19H2,1-7H3. The maximum atomic E-state index is 12.5. The third-order valence-electron chi connectivity index (χ3n) is 4.69. The molecule has 6 nitrogen and oxygen atoms in total. The summed E-state index contributed by atoms with van der Waals surface area (Å²) in [5.74, 6) is 15.1. The van der Waals surface area contributed by atoms with Gasteiger partial charge in [0.25, 0.3) is 0 Å². The van der Waals surface area contributed by atoms with Crippen molar-refractivity contribution in [3.05, 3.63) is 35.4 Å². The summed E-state index contributed by atoms with van der Waals surface area (Å²) in [4.78, 5) is 37.5. The summed E-state index contributed by atoms with van der Waals surface area (Å²) in [6, 6.07) is 7.10. The fourth-order valence-electron chi connectivity index (χ4n) is 2.78. The van der Waals surface area contributed by atoms with Crippen LogP contribution < -0.4 is 0 Å². The summed E-state index contributed by atoms with van der Waals surface area (Å²) in [5, 5.41) is 0. The molecule has 1 atom stereocenters. The van der Waals surface area contributed by atoms with Crippen LogP contribution in [0.5, 0.6) is 0 Å². The Kier molecular flexibility index (Phi) is 10.3. The number of ether oxygens (including phenoxy) is 3. The Balaban J connectivity index is 3.43. The molecule has 0 aliphatic rings. The first-order valence-corrected chi connectivity index (χ1v) is 10.3. The van der Waals surface area contributed by atoms with Crippen LogP contribution in [0, 0.1) is 46.4 Å². The second-order valence-corrected chi connectivity index (χ2v) is 8.16. The second kappa shape index (κ2) is 12.4. The lowest BCUT2D eigenvalue weighted by atomic mass is 9.81. The van der Waals surface area contributed by atoms with Gasteiger partial charge in [0.1, 0.15) is 0 Å². The maximum Gasteiger partial charge on any atom is 0.325 e. The smallest absolute Gasteiger partial charge is 0.325 e. The number of carbonyl (C=O) groups is 3. The topological polar surface area (TPSA) is 78.9 Å². The van der Waals surface area contributed by atoms with Crippen LogP contribution in [-0.2, 0) is 28.6 Å². The van der Waals surface area contributed by atoms with Gasteiger partial charge in [-0.05, 0) is 40.7 Å². The number of benzene rings is 1. The Morgan fingerprint density at radius 3 is 1.97 bits per heavy atom. The Hall–Kier alpha value is -3.69. The van der Waals surface area contributed by atoms with E-state index >= 15 is 0 Å². The average Bonchev–Trinajstić information content (AvgIpc) is 2.79. The van der Waals surface area contributed by atoms with Crippen molar-refractivity contribution in [2.75, 3.05) is 14.2 Å². The van der Waals surface area contributed by atoms with Crippen molar-refractivity contribution >= 4 is 17.9 Å². The van der Waals surface area contributed by atoms with E-state index in [9.17, 15) is 14.4 Å². The predicted octanol–water partition coefficient (Wildman–Crippen LogP) is 3.83. The van der Waals surface area contributed by atoms with E-state index in [-0.39, 0.29) is 12.8 Å². The van der Waals surface area contributed by atoms with Gasteiger partial charge in [0.15, 0.2) is 11.5 Å². The molecule has 0 aliphatic carbocycles. The van der Waals surface area contributed by atoms with Gasteiger partial charge in [-0.1, -0.05) is 36.0 Å². The van der Waals surface area contributed by atoms with Crippen LogP contribution in [0.4, 0.5) is 0 Å². The molecule has 0 aromatic heterocycles. The molecule has 0 heterocycles. The molecule has 0 aliphatic heterocycles. The maximum absolute atomic E-state index is 12.5. The quantitative estimate of drug-likeness (QED) is 0.284. The number of rotatable bonds is 6. The van der Waals surface area contributed by atoms with Crippen LogP contribution in [0.2, 0.25) is 0 Å². The second-order valence-electron chi connectivity index (χ2n) is 8.16. The van der Waals surface area contributed by atoms with E-state index in [0.717, 1.165) is 0 Å². The molecule has 0 bridgehead atoms. The van der Waals surface area contributed by atoms with Crippen molar-refractivity contribution in [2.45, 2.75) is 53.6 Å². The average molecular weight is 451 g/mol. The molecule has 0 spiro atoms. The van der Waals surface area contributed by atoms with Crippen molar-refractivity contribution < 1.29 is 28.6 Å². The number of carbonyl (C=O) groups excluding carboxylic acids is 3. The minimum atomic E-state index is -1.67. The van der Waals surface area contributed by atoms with Gasteiger partial charge in [-0.25, -0.2) is 0 Å². The van der Waals surface area contributed by atoms with Gasteiger partial charge in [0, 0.05) is 24.0 Å². The summed E-state index contributed by atoms with van der Waals surface area (Å²) in [6.07, 6.45) is -1.07. The molecule has 1 aromatic carbocycles. The highest BCUT2D eigenvalue weighted by Gasteiger charge is 2.47. The molecule has 0 radical (unpaired) electrons. The number of hydrogen-bond donors (Lipinski definition) is 0. The third-order valence-corrected chi connectivity index (χ3v) is 4.69. The zero-order valence-electron chi connectivity index (χ0n) is 20.3. The van der Waals surface area contributed by atoms with Crippen LogP contribution in [0.3, 0.4) is 0 Å². The fourth-order valence-corrected chi connectivity index (χ4v) is 2.78. The lowest BCUT2D eigenvalue weighted by Gasteiger charge is -2.24. The zero-order valence-corrected chi connectivity index (χ0v) is 20.3. The molecular formula is C27H30O6. The van der Waals surface area contributed by atoms with E-state index in [1.54, 1.807) is 58.9 Å². The molecule has 0 N–H and O–H groups in total. The summed E-state index contributed by atoms with van der Waals surface area (Å²) in [5.41, 5.74) is -1.21. The van der Waals surface area contributed by atoms with Gasteiger partial charge >= 0.3 is 17.9 Å². The van der Waals surface area contributed by atoms with Crippen LogP contribution in [-0.4, -0.2) is 32.1 Å². The Labute approximate surface area is 196 Å². The van der Waals surface area contributed by atoms with Gasteiger partial charge in [0.05, 0.1) is 19.6 Å². The molecular weight excluding hydrogens is 420 g/mol. The SMILES string of the molecule is CC#CCC(CC#Cc1ccccc1C(C#CC)OC(=O)C(C)(C)C)(C(=O)OC)C(=O)OC. The highest BCUT2D eigenvalue weighted by Crippen LogP contribution is 2.30. The summed E-state index contributed by atoms with van der Waals surface area (Å²) in [7, 11) is 2.39. The molecule has 0 saturated carbocycles. The van der Waals surface area contributed by atoms with Crippen LogP contribution >= 0.6 is 0 Å². The number of esters is 3. The first-order valence-electron chi connectivity index (χ1n) is 10.3. The number of hydrogen-bond acceptors (Lipinski definition) is 6. The molecule has 33 heavy (non-hydrogen) atoms. The van der Waals surface area contributed by atoms with E-state index in [1.165, 1.54) is 14.2 Å². The first-order chi connectivity index (χ1) is 15.6.